The lowest BCUT2D eigenvalue weighted by Gasteiger charge is -2.04. The fourth-order valence-corrected chi connectivity index (χ4v) is 1.17. The maximum atomic E-state index is 2.22. The summed E-state index contributed by atoms with van der Waals surface area (Å²) in [5, 5.41) is 0. The maximum Gasteiger partial charge on any atom is -0.0225 e. The maximum absolute atomic E-state index is 2.22. The van der Waals surface area contributed by atoms with Gasteiger partial charge in [-0.1, -0.05) is 35.4 Å². The normalized spacial score (nSPS) is 9.67. The average Bonchev–Trinajstić information content (AvgIpc) is 2.03. The summed E-state index contributed by atoms with van der Waals surface area (Å²) >= 11 is 0. The Balaban J connectivity index is 3.13. The molecule has 0 aliphatic heterocycles. The Labute approximate surface area is 74.9 Å². The first-order valence-electron chi connectivity index (χ1n) is 4.32. The Morgan fingerprint density at radius 1 is 1.08 bits per heavy atom. The van der Waals surface area contributed by atoms with E-state index in [2.05, 4.69) is 52.0 Å². The number of benzene rings is 1. The highest BCUT2D eigenvalue weighted by Crippen LogP contribution is 2.18. The van der Waals surface area contributed by atoms with E-state index < -0.39 is 0 Å². The van der Waals surface area contributed by atoms with Gasteiger partial charge in [0.2, 0.25) is 0 Å². The number of allylic oxidation sites excluding steroid dienone is 2. The first kappa shape index (κ1) is 9.05. The molecule has 0 N–H and O–H groups in total. The minimum absolute atomic E-state index is 1.33. The molecule has 0 heterocycles. The van der Waals surface area contributed by atoms with Crippen LogP contribution in [0, 0.1) is 6.92 Å². The lowest BCUT2D eigenvalue weighted by atomic mass is 10.0. The molecule has 0 bridgehead atoms. The van der Waals surface area contributed by atoms with Crippen molar-refractivity contribution in [1.29, 1.82) is 0 Å². The smallest absolute Gasteiger partial charge is 0.0225 e. The van der Waals surface area contributed by atoms with Crippen molar-refractivity contribution in [3.8, 4) is 0 Å². The van der Waals surface area contributed by atoms with E-state index in [9.17, 15) is 0 Å². The Hall–Kier alpha value is -1.04. The quantitative estimate of drug-likeness (QED) is 0.586. The molecule has 0 aliphatic carbocycles. The predicted molar refractivity (Wildman–Crippen MR) is 55.1 cm³/mol. The van der Waals surface area contributed by atoms with Gasteiger partial charge in [-0.3, -0.25) is 0 Å². The minimum atomic E-state index is 1.33. The molecule has 0 spiro atoms. The van der Waals surface area contributed by atoms with Crippen LogP contribution in [0.15, 0.2) is 29.8 Å². The molecule has 0 atom stereocenters. The van der Waals surface area contributed by atoms with E-state index >= 15 is 0 Å². The van der Waals surface area contributed by atoms with Crippen molar-refractivity contribution < 1.29 is 0 Å². The van der Waals surface area contributed by atoms with Crippen molar-refractivity contribution in [1.82, 2.24) is 0 Å². The van der Waals surface area contributed by atoms with E-state index in [1.54, 1.807) is 0 Å². The fraction of sp³-hybridized carbons (Fsp3) is 0.333. The third-order valence-electron chi connectivity index (χ3n) is 2.20. The minimum Gasteiger partial charge on any atom is -0.0729 e. The highest BCUT2D eigenvalue weighted by Gasteiger charge is 1.96. The molecule has 0 saturated heterocycles. The highest BCUT2D eigenvalue weighted by atomic mass is 14.0. The Morgan fingerprint density at radius 2 is 1.75 bits per heavy atom. The van der Waals surface area contributed by atoms with Gasteiger partial charge in [0.05, 0.1) is 0 Å². The zero-order valence-corrected chi connectivity index (χ0v) is 8.31. The highest BCUT2D eigenvalue weighted by molar-refractivity contribution is 5.66. The van der Waals surface area contributed by atoms with Gasteiger partial charge >= 0.3 is 0 Å². The van der Waals surface area contributed by atoms with Gasteiger partial charge in [-0.25, -0.2) is 0 Å². The molecular formula is C12H16. The second-order valence-electron chi connectivity index (χ2n) is 3.49. The molecule has 12 heavy (non-hydrogen) atoms. The third kappa shape index (κ3) is 1.97. The summed E-state index contributed by atoms with van der Waals surface area (Å²) < 4.78 is 0. The Kier molecular flexibility index (Phi) is 2.69. The summed E-state index contributed by atoms with van der Waals surface area (Å²) in [7, 11) is 0. The van der Waals surface area contributed by atoms with Crippen LogP contribution < -0.4 is 0 Å². The molecular weight excluding hydrogens is 144 g/mol. The Bertz CT molecular complexity index is 302. The van der Waals surface area contributed by atoms with Gasteiger partial charge in [-0.2, -0.15) is 0 Å². The van der Waals surface area contributed by atoms with Gasteiger partial charge in [0, 0.05) is 0 Å². The Morgan fingerprint density at radius 3 is 2.25 bits per heavy atom. The van der Waals surface area contributed by atoms with Gasteiger partial charge in [0.1, 0.15) is 0 Å². The van der Waals surface area contributed by atoms with Crippen LogP contribution in [-0.2, 0) is 0 Å². The van der Waals surface area contributed by atoms with Crippen LogP contribution >= 0.6 is 0 Å². The van der Waals surface area contributed by atoms with Crippen molar-refractivity contribution in [2.75, 3.05) is 0 Å². The van der Waals surface area contributed by atoms with Crippen LogP contribution in [-0.4, -0.2) is 0 Å². The van der Waals surface area contributed by atoms with Gasteiger partial charge in [0.15, 0.2) is 0 Å². The van der Waals surface area contributed by atoms with Crippen LogP contribution in [0.1, 0.15) is 31.9 Å². The summed E-state index contributed by atoms with van der Waals surface area (Å²) in [5.41, 5.74) is 5.45. The second-order valence-corrected chi connectivity index (χ2v) is 3.49. The van der Waals surface area contributed by atoms with Crippen molar-refractivity contribution in [2.45, 2.75) is 27.7 Å². The van der Waals surface area contributed by atoms with Gasteiger partial charge in [-0.15, -0.1) is 0 Å². The van der Waals surface area contributed by atoms with Crippen LogP contribution in [0.4, 0.5) is 0 Å². The second kappa shape index (κ2) is 3.57. The lowest BCUT2D eigenvalue weighted by molar-refractivity contribution is 1.35. The summed E-state index contributed by atoms with van der Waals surface area (Å²) in [6.45, 7) is 8.60. The molecule has 1 aromatic carbocycles. The van der Waals surface area contributed by atoms with Crippen molar-refractivity contribution in [3.05, 3.63) is 41.0 Å². The van der Waals surface area contributed by atoms with E-state index in [1.165, 1.54) is 22.3 Å². The number of rotatable bonds is 1. The van der Waals surface area contributed by atoms with E-state index in [4.69, 9.17) is 0 Å². The molecule has 0 amide bonds. The van der Waals surface area contributed by atoms with Crippen LogP contribution in [0.2, 0.25) is 0 Å². The third-order valence-corrected chi connectivity index (χ3v) is 2.20. The molecule has 0 aromatic heterocycles. The van der Waals surface area contributed by atoms with E-state index in [0.717, 1.165) is 0 Å². The van der Waals surface area contributed by atoms with Crippen LogP contribution in [0.3, 0.4) is 0 Å². The number of hydrogen-bond donors (Lipinski definition) is 0. The summed E-state index contributed by atoms with van der Waals surface area (Å²) in [6.07, 6.45) is 0. The number of hydrogen-bond acceptors (Lipinski definition) is 0. The van der Waals surface area contributed by atoms with Crippen molar-refractivity contribution in [3.63, 3.8) is 0 Å². The van der Waals surface area contributed by atoms with Crippen molar-refractivity contribution in [2.24, 2.45) is 0 Å². The van der Waals surface area contributed by atoms with Crippen LogP contribution in [0.5, 0.6) is 0 Å². The fourth-order valence-electron chi connectivity index (χ4n) is 1.17. The standard InChI is InChI=1S/C12H16/c1-9(2)11(4)12-7-5-6-10(3)8-12/h5-8H,1-4H3. The summed E-state index contributed by atoms with van der Waals surface area (Å²) in [4.78, 5) is 0. The van der Waals surface area contributed by atoms with Gasteiger partial charge in [0.25, 0.3) is 0 Å². The average molecular weight is 160 g/mol. The first-order valence-corrected chi connectivity index (χ1v) is 4.32. The van der Waals surface area contributed by atoms with Crippen LogP contribution in [0.25, 0.3) is 5.57 Å². The van der Waals surface area contributed by atoms with E-state index in [1.807, 2.05) is 0 Å². The molecule has 0 radical (unpaired) electrons. The molecule has 0 heteroatoms. The topological polar surface area (TPSA) is 0 Å². The van der Waals surface area contributed by atoms with E-state index in [-0.39, 0.29) is 0 Å². The number of aryl methyl sites for hydroxylation is 1. The first-order chi connectivity index (χ1) is 5.61. The molecule has 0 unspecified atom stereocenters. The summed E-state index contributed by atoms with van der Waals surface area (Å²) in [6, 6.07) is 8.62. The van der Waals surface area contributed by atoms with E-state index in [0.29, 0.717) is 0 Å². The molecule has 64 valence electrons. The largest absolute Gasteiger partial charge is 0.0729 e. The molecule has 0 fully saturated rings. The molecule has 0 nitrogen and oxygen atoms in total. The summed E-state index contributed by atoms with van der Waals surface area (Å²) in [5.74, 6) is 0. The molecule has 1 rings (SSSR count). The zero-order valence-electron chi connectivity index (χ0n) is 8.31. The van der Waals surface area contributed by atoms with Crippen molar-refractivity contribution >= 4 is 5.57 Å². The molecule has 1 aromatic rings. The monoisotopic (exact) mass is 160 g/mol. The lowest BCUT2D eigenvalue weighted by Crippen LogP contribution is -1.82. The predicted octanol–water partition coefficient (Wildman–Crippen LogP) is 3.81. The zero-order chi connectivity index (χ0) is 9.14. The SMILES string of the molecule is CC(C)=C(C)c1cccc(C)c1. The molecule has 0 saturated carbocycles. The molecule has 0 aliphatic rings. The van der Waals surface area contributed by atoms with Gasteiger partial charge in [-0.05, 0) is 38.8 Å². The van der Waals surface area contributed by atoms with Gasteiger partial charge < -0.3 is 0 Å².